The number of aliphatic hydroxyl groups excluding tert-OH is 1. The molecule has 0 bridgehead atoms. The van der Waals surface area contributed by atoms with Crippen molar-refractivity contribution >= 4 is 0 Å². The molecule has 4 heteroatoms. The van der Waals surface area contributed by atoms with Gasteiger partial charge in [0.15, 0.2) is 5.79 Å². The molecule has 2 atom stereocenters. The van der Waals surface area contributed by atoms with Crippen LogP contribution in [0, 0.1) is 5.92 Å². The van der Waals surface area contributed by atoms with Gasteiger partial charge in [0.05, 0.1) is 25.9 Å². The molecular formula is C15H28O4. The van der Waals surface area contributed by atoms with Gasteiger partial charge >= 0.3 is 0 Å². The summed E-state index contributed by atoms with van der Waals surface area (Å²) in [4.78, 5) is 0. The van der Waals surface area contributed by atoms with Gasteiger partial charge < -0.3 is 19.3 Å². The van der Waals surface area contributed by atoms with E-state index in [0.29, 0.717) is 25.7 Å². The van der Waals surface area contributed by atoms with Gasteiger partial charge in [-0.15, -0.1) is 0 Å². The van der Waals surface area contributed by atoms with E-state index in [9.17, 15) is 5.11 Å². The Morgan fingerprint density at radius 1 is 1.26 bits per heavy atom. The number of hydrogen-bond donors (Lipinski definition) is 1. The van der Waals surface area contributed by atoms with Crippen molar-refractivity contribution in [3.8, 4) is 0 Å². The number of ether oxygens (including phenoxy) is 3. The second-order valence-corrected chi connectivity index (χ2v) is 6.38. The first-order valence-electron chi connectivity index (χ1n) is 7.63. The molecule has 1 aliphatic carbocycles. The molecule has 1 aliphatic heterocycles. The van der Waals surface area contributed by atoms with Crippen LogP contribution < -0.4 is 0 Å². The summed E-state index contributed by atoms with van der Waals surface area (Å²) >= 11 is 0. The third-order valence-corrected chi connectivity index (χ3v) is 4.01. The van der Waals surface area contributed by atoms with Crippen molar-refractivity contribution in [2.75, 3.05) is 19.8 Å². The summed E-state index contributed by atoms with van der Waals surface area (Å²) in [5.41, 5.74) is 0. The minimum atomic E-state index is -0.491. The van der Waals surface area contributed by atoms with Gasteiger partial charge in [-0.3, -0.25) is 0 Å². The third kappa shape index (κ3) is 5.38. The Balaban J connectivity index is 1.55. The predicted molar refractivity (Wildman–Crippen MR) is 72.9 cm³/mol. The first-order valence-corrected chi connectivity index (χ1v) is 7.63. The molecule has 1 heterocycles. The quantitative estimate of drug-likeness (QED) is 0.807. The fourth-order valence-corrected chi connectivity index (χ4v) is 3.06. The monoisotopic (exact) mass is 272 g/mol. The van der Waals surface area contributed by atoms with Gasteiger partial charge in [0.25, 0.3) is 0 Å². The van der Waals surface area contributed by atoms with Gasteiger partial charge in [0.1, 0.15) is 6.10 Å². The molecule has 2 fully saturated rings. The largest absolute Gasteiger partial charge is 0.391 e. The predicted octanol–water partition coefficient (Wildman–Crippen LogP) is 2.49. The van der Waals surface area contributed by atoms with Crippen molar-refractivity contribution in [1.82, 2.24) is 0 Å². The highest BCUT2D eigenvalue weighted by Gasteiger charge is 2.32. The maximum atomic E-state index is 9.98. The number of rotatable bonds is 6. The van der Waals surface area contributed by atoms with Gasteiger partial charge in [-0.25, -0.2) is 0 Å². The summed E-state index contributed by atoms with van der Waals surface area (Å²) in [6.45, 7) is 5.31. The first kappa shape index (κ1) is 15.2. The maximum Gasteiger partial charge on any atom is 0.163 e. The van der Waals surface area contributed by atoms with E-state index in [-0.39, 0.29) is 12.2 Å². The summed E-state index contributed by atoms with van der Waals surface area (Å²) in [6, 6.07) is 0. The Kier molecular flexibility index (Phi) is 5.63. The second-order valence-electron chi connectivity index (χ2n) is 6.38. The maximum absolute atomic E-state index is 9.98. The highest BCUT2D eigenvalue weighted by molar-refractivity contribution is 4.72. The van der Waals surface area contributed by atoms with Crippen LogP contribution in [0.15, 0.2) is 0 Å². The Bertz CT molecular complexity index is 261. The van der Waals surface area contributed by atoms with Crippen molar-refractivity contribution in [3.63, 3.8) is 0 Å². The van der Waals surface area contributed by atoms with Crippen molar-refractivity contribution < 1.29 is 19.3 Å². The van der Waals surface area contributed by atoms with Crippen LogP contribution in [0.5, 0.6) is 0 Å². The summed E-state index contributed by atoms with van der Waals surface area (Å²) in [6.07, 6.45) is 7.08. The third-order valence-electron chi connectivity index (χ3n) is 4.01. The zero-order valence-corrected chi connectivity index (χ0v) is 12.3. The molecule has 2 rings (SSSR count). The topological polar surface area (TPSA) is 47.9 Å². The summed E-state index contributed by atoms with van der Waals surface area (Å²) in [5.74, 6) is 0.201. The highest BCUT2D eigenvalue weighted by atomic mass is 16.7. The minimum Gasteiger partial charge on any atom is -0.391 e. The van der Waals surface area contributed by atoms with E-state index in [1.54, 1.807) is 0 Å². The van der Waals surface area contributed by atoms with Crippen LogP contribution in [0.2, 0.25) is 0 Å². The fourth-order valence-electron chi connectivity index (χ4n) is 3.06. The lowest BCUT2D eigenvalue weighted by Crippen LogP contribution is -2.27. The molecule has 2 aliphatic rings. The summed E-state index contributed by atoms with van der Waals surface area (Å²) in [5, 5.41) is 9.98. The van der Waals surface area contributed by atoms with Crippen LogP contribution in [0.25, 0.3) is 0 Å². The molecule has 0 aromatic rings. The molecule has 1 saturated carbocycles. The van der Waals surface area contributed by atoms with Crippen LogP contribution in [-0.4, -0.2) is 42.9 Å². The molecule has 0 radical (unpaired) electrons. The van der Waals surface area contributed by atoms with Gasteiger partial charge in [-0.2, -0.15) is 0 Å². The smallest absolute Gasteiger partial charge is 0.163 e. The highest BCUT2D eigenvalue weighted by Crippen LogP contribution is 2.27. The van der Waals surface area contributed by atoms with Crippen molar-refractivity contribution in [1.29, 1.82) is 0 Å². The molecule has 1 unspecified atom stereocenters. The number of hydrogen-bond acceptors (Lipinski definition) is 4. The van der Waals surface area contributed by atoms with Crippen molar-refractivity contribution in [3.05, 3.63) is 0 Å². The van der Waals surface area contributed by atoms with E-state index < -0.39 is 5.79 Å². The Morgan fingerprint density at radius 3 is 2.63 bits per heavy atom. The van der Waals surface area contributed by atoms with E-state index in [2.05, 4.69) is 0 Å². The van der Waals surface area contributed by atoms with E-state index in [4.69, 9.17) is 14.2 Å². The van der Waals surface area contributed by atoms with Gasteiger partial charge in [0.2, 0.25) is 0 Å². The zero-order chi connectivity index (χ0) is 13.7. The Labute approximate surface area is 116 Å². The average Bonchev–Trinajstić information content (AvgIpc) is 2.70. The summed E-state index contributed by atoms with van der Waals surface area (Å²) in [7, 11) is 0. The molecule has 0 aromatic heterocycles. The molecule has 0 amide bonds. The van der Waals surface area contributed by atoms with E-state index in [1.807, 2.05) is 13.8 Å². The zero-order valence-electron chi connectivity index (χ0n) is 12.3. The van der Waals surface area contributed by atoms with E-state index >= 15 is 0 Å². The molecule has 0 aromatic carbocycles. The number of aliphatic hydroxyl groups is 1. The average molecular weight is 272 g/mol. The first-order chi connectivity index (χ1) is 9.05. The van der Waals surface area contributed by atoms with Gasteiger partial charge in [-0.05, 0) is 26.2 Å². The SMILES string of the molecule is CC1(C)OCC(COC[C@@H](O)CC2CCCCC2)O1. The lowest BCUT2D eigenvalue weighted by atomic mass is 9.85. The molecule has 1 N–H and O–H groups in total. The van der Waals surface area contributed by atoms with Crippen LogP contribution in [-0.2, 0) is 14.2 Å². The van der Waals surface area contributed by atoms with Crippen molar-refractivity contribution in [2.45, 2.75) is 70.4 Å². The van der Waals surface area contributed by atoms with Crippen LogP contribution in [0.1, 0.15) is 52.4 Å². The molecule has 112 valence electrons. The van der Waals surface area contributed by atoms with Crippen molar-refractivity contribution in [2.24, 2.45) is 5.92 Å². The molecule has 4 nitrogen and oxygen atoms in total. The van der Waals surface area contributed by atoms with Crippen LogP contribution >= 0.6 is 0 Å². The Hall–Kier alpha value is -0.160. The minimum absolute atomic E-state index is 0.00289. The second kappa shape index (κ2) is 7.02. The standard InChI is InChI=1S/C15H28O4/c1-15(2)18-11-14(19-15)10-17-9-13(16)8-12-6-4-3-5-7-12/h12-14,16H,3-11H2,1-2H3/t13-,14?/m0/s1. The molecule has 1 saturated heterocycles. The fraction of sp³-hybridized carbons (Fsp3) is 1.00. The van der Waals surface area contributed by atoms with Crippen LogP contribution in [0.3, 0.4) is 0 Å². The lowest BCUT2D eigenvalue weighted by molar-refractivity contribution is -0.146. The molecule has 19 heavy (non-hydrogen) atoms. The normalized spacial score (nSPS) is 29.5. The van der Waals surface area contributed by atoms with Crippen LogP contribution in [0.4, 0.5) is 0 Å². The van der Waals surface area contributed by atoms with E-state index in [0.717, 1.165) is 6.42 Å². The summed E-state index contributed by atoms with van der Waals surface area (Å²) < 4.78 is 16.7. The molecule has 0 spiro atoms. The lowest BCUT2D eigenvalue weighted by Gasteiger charge is -2.24. The van der Waals surface area contributed by atoms with Gasteiger partial charge in [0, 0.05) is 0 Å². The van der Waals surface area contributed by atoms with Gasteiger partial charge in [-0.1, -0.05) is 32.1 Å². The molecular weight excluding hydrogens is 244 g/mol. The van der Waals surface area contributed by atoms with E-state index in [1.165, 1.54) is 32.1 Å². The Morgan fingerprint density at radius 2 is 2.00 bits per heavy atom.